The highest BCUT2D eigenvalue weighted by Gasteiger charge is 2.23. The molecule has 0 aliphatic carbocycles. The molecule has 1 aromatic rings. The van der Waals surface area contributed by atoms with Crippen LogP contribution < -0.4 is 5.56 Å². The summed E-state index contributed by atoms with van der Waals surface area (Å²) in [5.74, 6) is -1.17. The summed E-state index contributed by atoms with van der Waals surface area (Å²) in [6.45, 7) is 1.78. The Labute approximate surface area is 96.5 Å². The van der Waals surface area contributed by atoms with Gasteiger partial charge in [0, 0.05) is 12.3 Å². The molecule has 1 aromatic heterocycles. The standard InChI is InChI=1S/C10H12N2O5/c1-2-4-8(10(14)15)11-6-3-5-7(9(11)13)12(16)17/h3,5-6,8H,2,4H2,1H3,(H,14,15). The van der Waals surface area contributed by atoms with Crippen LogP contribution in [0.15, 0.2) is 23.1 Å². The molecule has 7 heteroatoms. The van der Waals surface area contributed by atoms with Crippen molar-refractivity contribution in [1.29, 1.82) is 0 Å². The second-order valence-electron chi connectivity index (χ2n) is 3.51. The Morgan fingerprint density at radius 2 is 2.29 bits per heavy atom. The third-order valence-electron chi connectivity index (χ3n) is 2.33. The Bertz CT molecular complexity index is 494. The molecule has 0 aromatic carbocycles. The molecule has 1 rings (SSSR count). The molecule has 92 valence electrons. The van der Waals surface area contributed by atoms with Gasteiger partial charge in [-0.25, -0.2) is 4.79 Å². The van der Waals surface area contributed by atoms with Gasteiger partial charge in [0.1, 0.15) is 6.04 Å². The summed E-state index contributed by atoms with van der Waals surface area (Å²) in [6.07, 6.45) is 2.06. The van der Waals surface area contributed by atoms with Crippen LogP contribution in [0.4, 0.5) is 5.69 Å². The van der Waals surface area contributed by atoms with Gasteiger partial charge in [-0.05, 0) is 12.5 Å². The number of rotatable bonds is 5. The third kappa shape index (κ3) is 2.68. The van der Waals surface area contributed by atoms with Crippen molar-refractivity contribution in [2.75, 3.05) is 0 Å². The number of hydrogen-bond donors (Lipinski definition) is 1. The van der Waals surface area contributed by atoms with Crippen LogP contribution in [0.1, 0.15) is 25.8 Å². The monoisotopic (exact) mass is 240 g/mol. The molecule has 1 atom stereocenters. The lowest BCUT2D eigenvalue weighted by atomic mass is 10.1. The first-order chi connectivity index (χ1) is 7.99. The topological polar surface area (TPSA) is 102 Å². The molecule has 0 amide bonds. The van der Waals surface area contributed by atoms with E-state index in [1.54, 1.807) is 6.92 Å². The van der Waals surface area contributed by atoms with Gasteiger partial charge in [-0.1, -0.05) is 13.3 Å². The molecule has 0 fully saturated rings. The van der Waals surface area contributed by atoms with Gasteiger partial charge in [-0.15, -0.1) is 0 Å². The van der Waals surface area contributed by atoms with Crippen molar-refractivity contribution < 1.29 is 14.8 Å². The number of nitrogens with zero attached hydrogens (tertiary/aromatic N) is 2. The smallest absolute Gasteiger partial charge is 0.334 e. The second kappa shape index (κ2) is 5.24. The first kappa shape index (κ1) is 12.9. The van der Waals surface area contributed by atoms with Gasteiger partial charge >= 0.3 is 17.2 Å². The van der Waals surface area contributed by atoms with E-state index in [1.807, 2.05) is 0 Å². The summed E-state index contributed by atoms with van der Waals surface area (Å²) < 4.78 is 0.893. The average molecular weight is 240 g/mol. The average Bonchev–Trinajstić information content (AvgIpc) is 2.26. The summed E-state index contributed by atoms with van der Waals surface area (Å²) in [4.78, 5) is 32.4. The maximum atomic E-state index is 11.7. The van der Waals surface area contributed by atoms with Crippen molar-refractivity contribution in [2.24, 2.45) is 0 Å². The van der Waals surface area contributed by atoms with E-state index in [0.29, 0.717) is 6.42 Å². The van der Waals surface area contributed by atoms with Crippen molar-refractivity contribution in [2.45, 2.75) is 25.8 Å². The highest BCUT2D eigenvalue weighted by Crippen LogP contribution is 2.13. The van der Waals surface area contributed by atoms with E-state index in [2.05, 4.69) is 0 Å². The van der Waals surface area contributed by atoms with Gasteiger partial charge in [-0.3, -0.25) is 19.5 Å². The minimum atomic E-state index is -1.17. The predicted octanol–water partition coefficient (Wildman–Crippen LogP) is 1.18. The van der Waals surface area contributed by atoms with Crippen LogP contribution in [0, 0.1) is 10.1 Å². The van der Waals surface area contributed by atoms with Crippen LogP contribution in [0.5, 0.6) is 0 Å². The largest absolute Gasteiger partial charge is 0.480 e. The van der Waals surface area contributed by atoms with Crippen LogP contribution in [-0.2, 0) is 4.79 Å². The van der Waals surface area contributed by atoms with Gasteiger partial charge in [0.25, 0.3) is 0 Å². The lowest BCUT2D eigenvalue weighted by molar-refractivity contribution is -0.386. The minimum Gasteiger partial charge on any atom is -0.480 e. The summed E-state index contributed by atoms with van der Waals surface area (Å²) in [7, 11) is 0. The molecule has 7 nitrogen and oxygen atoms in total. The van der Waals surface area contributed by atoms with E-state index >= 15 is 0 Å². The van der Waals surface area contributed by atoms with Crippen molar-refractivity contribution >= 4 is 11.7 Å². The van der Waals surface area contributed by atoms with E-state index in [4.69, 9.17) is 5.11 Å². The van der Waals surface area contributed by atoms with Crippen molar-refractivity contribution in [3.63, 3.8) is 0 Å². The zero-order valence-electron chi connectivity index (χ0n) is 9.20. The Hall–Kier alpha value is -2.18. The van der Waals surface area contributed by atoms with Gasteiger partial charge in [0.05, 0.1) is 4.92 Å². The second-order valence-corrected chi connectivity index (χ2v) is 3.51. The molecular formula is C10H12N2O5. The molecular weight excluding hydrogens is 228 g/mol. The van der Waals surface area contributed by atoms with E-state index in [0.717, 1.165) is 10.6 Å². The molecule has 1 N–H and O–H groups in total. The number of nitro groups is 1. The van der Waals surface area contributed by atoms with E-state index in [9.17, 15) is 19.7 Å². The number of aromatic nitrogens is 1. The van der Waals surface area contributed by atoms with Crippen LogP contribution >= 0.6 is 0 Å². The minimum absolute atomic E-state index is 0.246. The van der Waals surface area contributed by atoms with Crippen molar-refractivity contribution in [3.8, 4) is 0 Å². The fourth-order valence-electron chi connectivity index (χ4n) is 1.54. The zero-order valence-corrected chi connectivity index (χ0v) is 9.20. The van der Waals surface area contributed by atoms with Crippen LogP contribution in [0.3, 0.4) is 0 Å². The molecule has 1 heterocycles. The summed E-state index contributed by atoms with van der Waals surface area (Å²) in [6, 6.07) is 1.29. The summed E-state index contributed by atoms with van der Waals surface area (Å²) in [5.41, 5.74) is -1.51. The Balaban J connectivity index is 3.30. The van der Waals surface area contributed by atoms with Gasteiger partial charge in [-0.2, -0.15) is 0 Å². The Kier molecular flexibility index (Phi) is 3.97. The van der Waals surface area contributed by atoms with E-state index < -0.39 is 28.2 Å². The van der Waals surface area contributed by atoms with Gasteiger partial charge in [0.15, 0.2) is 0 Å². The molecule has 0 aliphatic rings. The number of carboxylic acids is 1. The van der Waals surface area contributed by atoms with Crippen molar-refractivity contribution in [3.05, 3.63) is 38.8 Å². The SMILES string of the molecule is CCCC(C(=O)O)n1cccc([N+](=O)[O-])c1=O. The highest BCUT2D eigenvalue weighted by atomic mass is 16.6. The zero-order chi connectivity index (χ0) is 13.0. The van der Waals surface area contributed by atoms with Gasteiger partial charge < -0.3 is 5.11 Å². The van der Waals surface area contributed by atoms with Crippen LogP contribution in [-0.4, -0.2) is 20.6 Å². The number of hydrogen-bond acceptors (Lipinski definition) is 4. The number of carbonyl (C=O) groups is 1. The number of pyridine rings is 1. The lowest BCUT2D eigenvalue weighted by Gasteiger charge is -2.13. The molecule has 0 spiro atoms. The highest BCUT2D eigenvalue weighted by molar-refractivity contribution is 5.71. The maximum Gasteiger partial charge on any atom is 0.334 e. The fourth-order valence-corrected chi connectivity index (χ4v) is 1.54. The van der Waals surface area contributed by atoms with Crippen molar-refractivity contribution in [1.82, 2.24) is 4.57 Å². The molecule has 17 heavy (non-hydrogen) atoms. The maximum absolute atomic E-state index is 11.7. The number of aliphatic carboxylic acids is 1. The van der Waals surface area contributed by atoms with Gasteiger partial charge in [0.2, 0.25) is 0 Å². The molecule has 0 saturated carbocycles. The molecule has 0 aliphatic heterocycles. The van der Waals surface area contributed by atoms with Crippen LogP contribution in [0.2, 0.25) is 0 Å². The predicted molar refractivity (Wildman–Crippen MR) is 58.9 cm³/mol. The first-order valence-electron chi connectivity index (χ1n) is 5.07. The molecule has 0 bridgehead atoms. The first-order valence-corrected chi connectivity index (χ1v) is 5.07. The fraction of sp³-hybridized carbons (Fsp3) is 0.400. The number of carboxylic acid groups (broad SMARTS) is 1. The van der Waals surface area contributed by atoms with Crippen LogP contribution in [0.25, 0.3) is 0 Å². The Morgan fingerprint density at radius 3 is 2.76 bits per heavy atom. The molecule has 0 radical (unpaired) electrons. The summed E-state index contributed by atoms with van der Waals surface area (Å²) in [5, 5.41) is 19.6. The molecule has 1 unspecified atom stereocenters. The lowest BCUT2D eigenvalue weighted by Crippen LogP contribution is -2.30. The van der Waals surface area contributed by atoms with E-state index in [1.165, 1.54) is 12.3 Å². The normalized spacial score (nSPS) is 12.1. The molecule has 0 saturated heterocycles. The van der Waals surface area contributed by atoms with E-state index in [-0.39, 0.29) is 6.42 Å². The third-order valence-corrected chi connectivity index (χ3v) is 2.33. The Morgan fingerprint density at radius 1 is 1.65 bits per heavy atom. The summed E-state index contributed by atoms with van der Waals surface area (Å²) >= 11 is 0. The quantitative estimate of drug-likeness (QED) is 0.615.